The molecule has 1 atom stereocenters. The normalized spacial score (nSPS) is 12.5. The van der Waals surface area contributed by atoms with Crippen molar-refractivity contribution in [1.82, 2.24) is 0 Å². The van der Waals surface area contributed by atoms with Gasteiger partial charge in [-0.25, -0.2) is 0 Å². The Morgan fingerprint density at radius 1 is 1.25 bits per heavy atom. The van der Waals surface area contributed by atoms with E-state index >= 15 is 0 Å². The second kappa shape index (κ2) is 3.94. The van der Waals surface area contributed by atoms with Crippen LogP contribution >= 0.6 is 0 Å². The maximum atomic E-state index is 5.48. The van der Waals surface area contributed by atoms with E-state index in [0.29, 0.717) is 18.0 Å². The number of benzene rings is 1. The average Bonchev–Trinajstić information content (AvgIpc) is 2.09. The smallest absolute Gasteiger partial charge is 0.160 e. The minimum absolute atomic E-state index is 0.296. The first-order chi connectivity index (χ1) is 5.72. The maximum Gasteiger partial charge on any atom is 0.160 e. The van der Waals surface area contributed by atoms with Gasteiger partial charge in [-0.15, -0.1) is 0 Å². The van der Waals surface area contributed by atoms with Crippen LogP contribution in [-0.4, -0.2) is 12.8 Å². The molecule has 4 heteroatoms. The van der Waals surface area contributed by atoms with Gasteiger partial charge in [0.15, 0.2) is 6.23 Å². The summed E-state index contributed by atoms with van der Waals surface area (Å²) in [6.45, 7) is 0.296. The summed E-state index contributed by atoms with van der Waals surface area (Å²) < 4.78 is 5.22. The molecular weight excluding hydrogens is 154 g/mol. The van der Waals surface area contributed by atoms with Crippen molar-refractivity contribution >= 4 is 5.69 Å². The van der Waals surface area contributed by atoms with E-state index in [9.17, 15) is 0 Å². The molecule has 6 N–H and O–H groups in total. The van der Waals surface area contributed by atoms with Crippen LogP contribution in [-0.2, 0) is 0 Å². The van der Waals surface area contributed by atoms with Gasteiger partial charge in [0, 0.05) is 12.2 Å². The second-order valence-electron chi connectivity index (χ2n) is 2.46. The van der Waals surface area contributed by atoms with Gasteiger partial charge in [-0.2, -0.15) is 0 Å². The molecule has 0 amide bonds. The van der Waals surface area contributed by atoms with Crippen LogP contribution in [0.5, 0.6) is 5.75 Å². The van der Waals surface area contributed by atoms with Gasteiger partial charge in [0.25, 0.3) is 0 Å². The van der Waals surface area contributed by atoms with E-state index in [1.165, 1.54) is 0 Å². The fourth-order valence-electron chi connectivity index (χ4n) is 0.769. The summed E-state index contributed by atoms with van der Waals surface area (Å²) in [5.41, 5.74) is 16.9. The van der Waals surface area contributed by atoms with E-state index in [1.807, 2.05) is 0 Å². The van der Waals surface area contributed by atoms with Gasteiger partial charge in [-0.3, -0.25) is 5.73 Å². The minimum atomic E-state index is -0.450. The molecule has 0 aliphatic rings. The Morgan fingerprint density at radius 3 is 2.33 bits per heavy atom. The number of anilines is 1. The number of ether oxygens (including phenoxy) is 1. The third-order valence-electron chi connectivity index (χ3n) is 1.40. The van der Waals surface area contributed by atoms with Crippen molar-refractivity contribution in [2.24, 2.45) is 11.5 Å². The van der Waals surface area contributed by atoms with Crippen LogP contribution < -0.4 is 21.9 Å². The highest BCUT2D eigenvalue weighted by molar-refractivity contribution is 5.41. The lowest BCUT2D eigenvalue weighted by atomic mass is 10.3. The summed E-state index contributed by atoms with van der Waals surface area (Å²) in [6, 6.07) is 7.01. The largest absolute Gasteiger partial charge is 0.474 e. The van der Waals surface area contributed by atoms with Gasteiger partial charge >= 0.3 is 0 Å². The SMILES string of the molecule is NCC(N)Oc1ccc(N)cc1. The van der Waals surface area contributed by atoms with E-state index in [0.717, 1.165) is 0 Å². The quantitative estimate of drug-likeness (QED) is 0.433. The summed E-state index contributed by atoms with van der Waals surface area (Å²) >= 11 is 0. The van der Waals surface area contributed by atoms with Gasteiger partial charge in [0.05, 0.1) is 0 Å². The predicted octanol–water partition coefficient (Wildman–Crippen LogP) is -0.109. The Morgan fingerprint density at radius 2 is 1.83 bits per heavy atom. The molecule has 0 saturated heterocycles. The van der Waals surface area contributed by atoms with Crippen molar-refractivity contribution in [2.45, 2.75) is 6.23 Å². The summed E-state index contributed by atoms with van der Waals surface area (Å²) in [5, 5.41) is 0. The fourth-order valence-corrected chi connectivity index (χ4v) is 0.769. The molecule has 0 bridgehead atoms. The molecule has 1 aromatic carbocycles. The molecule has 0 radical (unpaired) electrons. The fraction of sp³-hybridized carbons (Fsp3) is 0.250. The number of rotatable bonds is 3. The minimum Gasteiger partial charge on any atom is -0.474 e. The van der Waals surface area contributed by atoms with Crippen molar-refractivity contribution < 1.29 is 4.74 Å². The molecule has 12 heavy (non-hydrogen) atoms. The monoisotopic (exact) mass is 167 g/mol. The Hall–Kier alpha value is -1.26. The molecule has 0 aliphatic heterocycles. The van der Waals surface area contributed by atoms with Crippen molar-refractivity contribution in [3.05, 3.63) is 24.3 Å². The third kappa shape index (κ3) is 2.41. The lowest BCUT2D eigenvalue weighted by Crippen LogP contribution is -2.35. The molecule has 0 heterocycles. The number of hydrogen-bond acceptors (Lipinski definition) is 4. The van der Waals surface area contributed by atoms with Crippen molar-refractivity contribution in [2.75, 3.05) is 12.3 Å². The lowest BCUT2D eigenvalue weighted by molar-refractivity contribution is 0.217. The van der Waals surface area contributed by atoms with Crippen molar-refractivity contribution in [3.8, 4) is 5.75 Å². The molecule has 0 saturated carbocycles. The topological polar surface area (TPSA) is 87.3 Å². The zero-order valence-corrected chi connectivity index (χ0v) is 6.73. The first kappa shape index (κ1) is 8.83. The molecule has 4 nitrogen and oxygen atoms in total. The van der Waals surface area contributed by atoms with E-state index in [4.69, 9.17) is 21.9 Å². The molecule has 1 rings (SSSR count). The molecule has 0 aromatic heterocycles. The standard InChI is InChI=1S/C8H13N3O/c9-5-8(11)12-7-3-1-6(10)2-4-7/h1-4,8H,5,9-11H2. The highest BCUT2D eigenvalue weighted by atomic mass is 16.5. The van der Waals surface area contributed by atoms with Gasteiger partial charge in [0.1, 0.15) is 5.75 Å². The molecular formula is C8H13N3O. The number of nitrogen functional groups attached to an aromatic ring is 1. The van der Waals surface area contributed by atoms with Crippen molar-refractivity contribution in [3.63, 3.8) is 0 Å². The van der Waals surface area contributed by atoms with Gasteiger partial charge in [-0.1, -0.05) is 0 Å². The average molecular weight is 167 g/mol. The highest BCUT2D eigenvalue weighted by Crippen LogP contribution is 2.13. The van der Waals surface area contributed by atoms with Crippen LogP contribution in [0.1, 0.15) is 0 Å². The van der Waals surface area contributed by atoms with Crippen LogP contribution in [0, 0.1) is 0 Å². The molecule has 66 valence electrons. The Labute approximate surface area is 71.3 Å². The lowest BCUT2D eigenvalue weighted by Gasteiger charge is -2.11. The van der Waals surface area contributed by atoms with Crippen LogP contribution in [0.3, 0.4) is 0 Å². The zero-order chi connectivity index (χ0) is 8.97. The highest BCUT2D eigenvalue weighted by Gasteiger charge is 1.99. The van der Waals surface area contributed by atoms with Crippen molar-refractivity contribution in [1.29, 1.82) is 0 Å². The van der Waals surface area contributed by atoms with Gasteiger partial charge in [0.2, 0.25) is 0 Å². The molecule has 0 aliphatic carbocycles. The summed E-state index contributed by atoms with van der Waals surface area (Å²) in [4.78, 5) is 0. The first-order valence-corrected chi connectivity index (χ1v) is 3.70. The van der Waals surface area contributed by atoms with Crippen LogP contribution in [0.15, 0.2) is 24.3 Å². The number of hydrogen-bond donors (Lipinski definition) is 3. The number of nitrogens with two attached hydrogens (primary N) is 3. The second-order valence-corrected chi connectivity index (χ2v) is 2.46. The molecule has 0 spiro atoms. The summed E-state index contributed by atoms with van der Waals surface area (Å²) in [7, 11) is 0. The van der Waals surface area contributed by atoms with E-state index in [-0.39, 0.29) is 0 Å². The molecule has 1 aromatic rings. The van der Waals surface area contributed by atoms with Gasteiger partial charge < -0.3 is 16.2 Å². The summed E-state index contributed by atoms with van der Waals surface area (Å²) in [5.74, 6) is 0.683. The third-order valence-corrected chi connectivity index (χ3v) is 1.40. The molecule has 0 fully saturated rings. The summed E-state index contributed by atoms with van der Waals surface area (Å²) in [6.07, 6.45) is -0.450. The maximum absolute atomic E-state index is 5.48. The van der Waals surface area contributed by atoms with Crippen LogP contribution in [0.2, 0.25) is 0 Å². The van der Waals surface area contributed by atoms with E-state index in [2.05, 4.69) is 0 Å². The van der Waals surface area contributed by atoms with Gasteiger partial charge in [-0.05, 0) is 24.3 Å². The first-order valence-electron chi connectivity index (χ1n) is 3.70. The Kier molecular flexibility index (Phi) is 2.90. The van der Waals surface area contributed by atoms with Crippen LogP contribution in [0.4, 0.5) is 5.69 Å². The van der Waals surface area contributed by atoms with Crippen LogP contribution in [0.25, 0.3) is 0 Å². The zero-order valence-electron chi connectivity index (χ0n) is 6.73. The Bertz CT molecular complexity index is 235. The molecule has 1 unspecified atom stereocenters. The Balaban J connectivity index is 2.58. The van der Waals surface area contributed by atoms with E-state index in [1.54, 1.807) is 24.3 Å². The predicted molar refractivity (Wildman–Crippen MR) is 48.5 cm³/mol. The van der Waals surface area contributed by atoms with E-state index < -0.39 is 6.23 Å².